The number of hydrogen-bond acceptors (Lipinski definition) is 4. The van der Waals surface area contributed by atoms with Crippen LogP contribution in [0.3, 0.4) is 0 Å². The fraction of sp³-hybridized carbons (Fsp3) is 0. The van der Waals surface area contributed by atoms with E-state index in [0.717, 1.165) is 0 Å². The average Bonchev–Trinajstić information content (AvgIpc) is 2.38. The summed E-state index contributed by atoms with van der Waals surface area (Å²) >= 11 is 11.6. The first-order valence-electron chi connectivity index (χ1n) is 5.26. The summed E-state index contributed by atoms with van der Waals surface area (Å²) in [6, 6.07) is 8.59. The van der Waals surface area contributed by atoms with Crippen LogP contribution in [-0.4, -0.2) is 13.4 Å². The minimum absolute atomic E-state index is 0.0643. The molecular weight excluding hydrogens is 321 g/mol. The lowest BCUT2D eigenvalue weighted by Crippen LogP contribution is -2.13. The number of nitriles is 1. The van der Waals surface area contributed by atoms with Crippen LogP contribution in [0.4, 0.5) is 5.82 Å². The highest BCUT2D eigenvalue weighted by Gasteiger charge is 2.16. The fourth-order valence-electron chi connectivity index (χ4n) is 1.41. The standard InChI is InChI=1S/C12H7Cl2N3O2S/c13-9-3-4-16-12(5-9)17-20(18,19)10-2-1-8(7-15)11(14)6-10/h1-6H,(H,16,17). The largest absolute Gasteiger partial charge is 0.263 e. The van der Waals surface area contributed by atoms with Crippen LogP contribution < -0.4 is 4.72 Å². The van der Waals surface area contributed by atoms with E-state index in [1.165, 1.54) is 36.5 Å². The number of nitrogens with zero attached hydrogens (tertiary/aromatic N) is 2. The van der Waals surface area contributed by atoms with Crippen LogP contribution in [0.25, 0.3) is 0 Å². The van der Waals surface area contributed by atoms with E-state index in [1.807, 2.05) is 6.07 Å². The first-order valence-corrected chi connectivity index (χ1v) is 7.50. The number of anilines is 1. The molecule has 0 atom stereocenters. The highest BCUT2D eigenvalue weighted by Crippen LogP contribution is 2.22. The van der Waals surface area contributed by atoms with Gasteiger partial charge in [-0.25, -0.2) is 13.4 Å². The van der Waals surface area contributed by atoms with Gasteiger partial charge >= 0.3 is 0 Å². The molecule has 0 aliphatic rings. The second kappa shape index (κ2) is 5.67. The SMILES string of the molecule is N#Cc1ccc(S(=O)(=O)Nc2cc(Cl)ccn2)cc1Cl. The van der Waals surface area contributed by atoms with E-state index in [2.05, 4.69) is 9.71 Å². The molecule has 8 heteroatoms. The molecule has 0 saturated carbocycles. The quantitative estimate of drug-likeness (QED) is 0.939. The van der Waals surface area contributed by atoms with Gasteiger partial charge in [-0.2, -0.15) is 5.26 Å². The van der Waals surface area contributed by atoms with Crippen molar-refractivity contribution in [2.75, 3.05) is 4.72 Å². The van der Waals surface area contributed by atoms with E-state index in [0.29, 0.717) is 5.02 Å². The maximum atomic E-state index is 12.1. The van der Waals surface area contributed by atoms with Gasteiger partial charge in [0.2, 0.25) is 0 Å². The molecule has 0 aliphatic carbocycles. The molecule has 20 heavy (non-hydrogen) atoms. The number of benzene rings is 1. The van der Waals surface area contributed by atoms with Gasteiger partial charge in [-0.3, -0.25) is 4.72 Å². The minimum Gasteiger partial charge on any atom is -0.263 e. The fourth-order valence-corrected chi connectivity index (χ4v) is 2.88. The van der Waals surface area contributed by atoms with Crippen molar-refractivity contribution in [2.45, 2.75) is 4.90 Å². The van der Waals surface area contributed by atoms with E-state index in [-0.39, 0.29) is 21.3 Å². The van der Waals surface area contributed by atoms with Crippen molar-refractivity contribution < 1.29 is 8.42 Å². The molecule has 0 unspecified atom stereocenters. The molecule has 2 aromatic rings. The number of hydrogen-bond donors (Lipinski definition) is 1. The third kappa shape index (κ3) is 3.20. The van der Waals surface area contributed by atoms with Crippen LogP contribution in [0.1, 0.15) is 5.56 Å². The molecule has 0 bridgehead atoms. The number of sulfonamides is 1. The Labute approximate surface area is 125 Å². The molecule has 1 aromatic carbocycles. The normalized spacial score (nSPS) is 10.8. The van der Waals surface area contributed by atoms with Gasteiger partial charge in [0.15, 0.2) is 0 Å². The van der Waals surface area contributed by atoms with E-state index in [9.17, 15) is 8.42 Å². The number of nitrogens with one attached hydrogen (secondary N) is 1. The molecule has 1 heterocycles. The summed E-state index contributed by atoms with van der Waals surface area (Å²) in [5.74, 6) is 0.0954. The number of rotatable bonds is 3. The second-order valence-corrected chi connectivity index (χ2v) is 6.24. The summed E-state index contributed by atoms with van der Waals surface area (Å²) in [4.78, 5) is 3.78. The van der Waals surface area contributed by atoms with Crippen LogP contribution in [0.5, 0.6) is 0 Å². The van der Waals surface area contributed by atoms with E-state index in [1.54, 1.807) is 0 Å². The molecule has 2 rings (SSSR count). The van der Waals surface area contributed by atoms with Gasteiger partial charge in [-0.15, -0.1) is 0 Å². The summed E-state index contributed by atoms with van der Waals surface area (Å²) in [6.45, 7) is 0. The predicted octanol–water partition coefficient (Wildman–Crippen LogP) is 3.06. The molecule has 1 aromatic heterocycles. The summed E-state index contributed by atoms with van der Waals surface area (Å²) in [6.07, 6.45) is 1.38. The van der Waals surface area contributed by atoms with Gasteiger partial charge in [0, 0.05) is 17.3 Å². The molecule has 0 spiro atoms. The monoisotopic (exact) mass is 327 g/mol. The van der Waals surface area contributed by atoms with Gasteiger partial charge < -0.3 is 0 Å². The Hall–Kier alpha value is -1.81. The second-order valence-electron chi connectivity index (χ2n) is 3.72. The number of halogens is 2. The van der Waals surface area contributed by atoms with Crippen LogP contribution in [0, 0.1) is 11.3 Å². The lowest BCUT2D eigenvalue weighted by atomic mass is 10.2. The van der Waals surface area contributed by atoms with Crippen molar-refractivity contribution in [1.29, 1.82) is 5.26 Å². The first kappa shape index (κ1) is 14.6. The Morgan fingerprint density at radius 3 is 2.55 bits per heavy atom. The Morgan fingerprint density at radius 2 is 1.95 bits per heavy atom. The van der Waals surface area contributed by atoms with Crippen molar-refractivity contribution in [3.8, 4) is 6.07 Å². The highest BCUT2D eigenvalue weighted by atomic mass is 35.5. The predicted molar refractivity (Wildman–Crippen MR) is 76.2 cm³/mol. The van der Waals surface area contributed by atoms with Gasteiger partial charge in [0.1, 0.15) is 11.9 Å². The summed E-state index contributed by atoms with van der Waals surface area (Å²) in [5.41, 5.74) is 0.200. The summed E-state index contributed by atoms with van der Waals surface area (Å²) < 4.78 is 26.5. The Kier molecular flexibility index (Phi) is 4.14. The van der Waals surface area contributed by atoms with Crippen LogP contribution in [0.2, 0.25) is 10.0 Å². The van der Waals surface area contributed by atoms with Crippen LogP contribution in [-0.2, 0) is 10.0 Å². The maximum Gasteiger partial charge on any atom is 0.263 e. The Morgan fingerprint density at radius 1 is 1.20 bits per heavy atom. The third-order valence-electron chi connectivity index (χ3n) is 2.33. The smallest absolute Gasteiger partial charge is 0.263 e. The Balaban J connectivity index is 2.36. The van der Waals surface area contributed by atoms with Gasteiger partial charge in [0.25, 0.3) is 10.0 Å². The topological polar surface area (TPSA) is 82.8 Å². The third-order valence-corrected chi connectivity index (χ3v) is 4.23. The highest BCUT2D eigenvalue weighted by molar-refractivity contribution is 7.92. The first-order chi connectivity index (χ1) is 9.42. The molecule has 5 nitrogen and oxygen atoms in total. The molecule has 0 amide bonds. The zero-order valence-corrected chi connectivity index (χ0v) is 12.2. The van der Waals surface area contributed by atoms with Crippen LogP contribution >= 0.6 is 23.2 Å². The summed E-state index contributed by atoms with van der Waals surface area (Å²) in [5, 5.41) is 9.17. The molecule has 0 radical (unpaired) electrons. The van der Waals surface area contributed by atoms with E-state index < -0.39 is 10.0 Å². The lowest BCUT2D eigenvalue weighted by Gasteiger charge is -2.08. The van der Waals surface area contributed by atoms with Gasteiger partial charge in [-0.05, 0) is 24.3 Å². The zero-order valence-electron chi connectivity index (χ0n) is 9.84. The van der Waals surface area contributed by atoms with Gasteiger partial charge in [0.05, 0.1) is 15.5 Å². The van der Waals surface area contributed by atoms with E-state index >= 15 is 0 Å². The molecule has 0 aliphatic heterocycles. The number of pyridine rings is 1. The molecule has 102 valence electrons. The van der Waals surface area contributed by atoms with Crippen molar-refractivity contribution in [2.24, 2.45) is 0 Å². The summed E-state index contributed by atoms with van der Waals surface area (Å²) in [7, 11) is -3.84. The maximum absolute atomic E-state index is 12.1. The lowest BCUT2D eigenvalue weighted by molar-refractivity contribution is 0.601. The molecule has 1 N–H and O–H groups in total. The van der Waals surface area contributed by atoms with Crippen molar-refractivity contribution in [3.05, 3.63) is 52.1 Å². The Bertz CT molecular complexity index is 801. The van der Waals surface area contributed by atoms with Crippen LogP contribution in [0.15, 0.2) is 41.4 Å². The molecule has 0 saturated heterocycles. The molecular formula is C12H7Cl2N3O2S. The van der Waals surface area contributed by atoms with Gasteiger partial charge in [-0.1, -0.05) is 23.2 Å². The van der Waals surface area contributed by atoms with Crippen molar-refractivity contribution in [3.63, 3.8) is 0 Å². The average molecular weight is 328 g/mol. The van der Waals surface area contributed by atoms with E-state index in [4.69, 9.17) is 28.5 Å². The van der Waals surface area contributed by atoms with Crippen molar-refractivity contribution in [1.82, 2.24) is 4.98 Å². The van der Waals surface area contributed by atoms with Crippen molar-refractivity contribution >= 4 is 39.0 Å². The number of aromatic nitrogens is 1. The minimum atomic E-state index is -3.84. The molecule has 0 fully saturated rings. The zero-order chi connectivity index (χ0) is 14.8.